The van der Waals surface area contributed by atoms with Crippen LogP contribution in [0.1, 0.15) is 13.3 Å². The van der Waals surface area contributed by atoms with E-state index in [-0.39, 0.29) is 6.10 Å². The largest absolute Gasteiger partial charge is 0.495 e. The Morgan fingerprint density at radius 2 is 2.20 bits per heavy atom. The SMILES string of the molecule is CC[C@H]1OC=C[C@H](O)[C@@H]1O. The third kappa shape index (κ3) is 1.30. The van der Waals surface area contributed by atoms with Crippen molar-refractivity contribution in [2.24, 2.45) is 0 Å². The molecule has 0 aliphatic carbocycles. The number of rotatable bonds is 1. The first-order valence-electron chi connectivity index (χ1n) is 3.44. The van der Waals surface area contributed by atoms with Crippen LogP contribution in [-0.2, 0) is 4.74 Å². The third-order valence-corrected chi connectivity index (χ3v) is 1.66. The van der Waals surface area contributed by atoms with Gasteiger partial charge in [-0.1, -0.05) is 6.92 Å². The molecule has 58 valence electrons. The molecular weight excluding hydrogens is 132 g/mol. The summed E-state index contributed by atoms with van der Waals surface area (Å²) in [7, 11) is 0. The van der Waals surface area contributed by atoms with Gasteiger partial charge in [0.25, 0.3) is 0 Å². The summed E-state index contributed by atoms with van der Waals surface area (Å²) >= 11 is 0. The van der Waals surface area contributed by atoms with Crippen LogP contribution in [0, 0.1) is 0 Å². The number of aliphatic hydroxyl groups excluding tert-OH is 2. The quantitative estimate of drug-likeness (QED) is 0.546. The van der Waals surface area contributed by atoms with Crippen molar-refractivity contribution in [2.45, 2.75) is 31.7 Å². The summed E-state index contributed by atoms with van der Waals surface area (Å²) in [4.78, 5) is 0. The van der Waals surface area contributed by atoms with Crippen LogP contribution in [0.15, 0.2) is 12.3 Å². The number of hydrogen-bond donors (Lipinski definition) is 2. The summed E-state index contributed by atoms with van der Waals surface area (Å²) in [6.45, 7) is 1.90. The van der Waals surface area contributed by atoms with Crippen LogP contribution in [0.25, 0.3) is 0 Å². The van der Waals surface area contributed by atoms with E-state index in [1.54, 1.807) is 0 Å². The van der Waals surface area contributed by atoms with E-state index >= 15 is 0 Å². The Bertz CT molecular complexity index is 133. The van der Waals surface area contributed by atoms with Gasteiger partial charge in [-0.25, -0.2) is 0 Å². The maximum Gasteiger partial charge on any atom is 0.126 e. The average molecular weight is 144 g/mol. The molecular formula is C7H12O3. The maximum atomic E-state index is 9.21. The van der Waals surface area contributed by atoms with Gasteiger partial charge in [0.2, 0.25) is 0 Å². The fourth-order valence-corrected chi connectivity index (χ4v) is 0.979. The number of ether oxygens (including phenoxy) is 1. The van der Waals surface area contributed by atoms with Gasteiger partial charge < -0.3 is 14.9 Å². The molecule has 0 bridgehead atoms. The molecule has 0 aromatic heterocycles. The molecule has 10 heavy (non-hydrogen) atoms. The Labute approximate surface area is 59.9 Å². The van der Waals surface area contributed by atoms with Gasteiger partial charge >= 0.3 is 0 Å². The summed E-state index contributed by atoms with van der Waals surface area (Å²) < 4.78 is 5.02. The van der Waals surface area contributed by atoms with E-state index in [1.165, 1.54) is 12.3 Å². The van der Waals surface area contributed by atoms with Crippen molar-refractivity contribution >= 4 is 0 Å². The molecule has 0 unspecified atom stereocenters. The molecule has 0 aromatic rings. The van der Waals surface area contributed by atoms with Crippen molar-refractivity contribution in [1.82, 2.24) is 0 Å². The highest BCUT2D eigenvalue weighted by Gasteiger charge is 2.26. The Morgan fingerprint density at radius 1 is 1.50 bits per heavy atom. The summed E-state index contributed by atoms with van der Waals surface area (Å²) in [5.41, 5.74) is 0. The minimum atomic E-state index is -0.769. The summed E-state index contributed by atoms with van der Waals surface area (Å²) in [6.07, 6.45) is 1.80. The lowest BCUT2D eigenvalue weighted by Crippen LogP contribution is -2.39. The Kier molecular flexibility index (Phi) is 2.29. The van der Waals surface area contributed by atoms with Gasteiger partial charge in [0.15, 0.2) is 0 Å². The van der Waals surface area contributed by atoms with Crippen LogP contribution in [0.5, 0.6) is 0 Å². The van der Waals surface area contributed by atoms with Crippen molar-refractivity contribution in [3.63, 3.8) is 0 Å². The third-order valence-electron chi connectivity index (χ3n) is 1.66. The molecule has 0 radical (unpaired) electrons. The average Bonchev–Trinajstić information content (AvgIpc) is 1.95. The van der Waals surface area contributed by atoms with Gasteiger partial charge in [-0.2, -0.15) is 0 Å². The van der Waals surface area contributed by atoms with E-state index in [2.05, 4.69) is 0 Å². The Morgan fingerprint density at radius 3 is 2.70 bits per heavy atom. The minimum absolute atomic E-state index is 0.250. The molecule has 3 atom stereocenters. The molecule has 0 spiro atoms. The van der Waals surface area contributed by atoms with Crippen LogP contribution < -0.4 is 0 Å². The van der Waals surface area contributed by atoms with Crippen molar-refractivity contribution in [1.29, 1.82) is 0 Å². The molecule has 0 saturated carbocycles. The van der Waals surface area contributed by atoms with Crippen molar-refractivity contribution < 1.29 is 14.9 Å². The minimum Gasteiger partial charge on any atom is -0.495 e. The molecule has 1 aliphatic heterocycles. The topological polar surface area (TPSA) is 49.7 Å². The molecule has 1 heterocycles. The zero-order valence-corrected chi connectivity index (χ0v) is 5.90. The molecule has 0 aromatic carbocycles. The molecule has 3 nitrogen and oxygen atoms in total. The lowest BCUT2D eigenvalue weighted by atomic mass is 10.0. The van der Waals surface area contributed by atoms with E-state index in [4.69, 9.17) is 9.84 Å². The van der Waals surface area contributed by atoms with E-state index < -0.39 is 12.2 Å². The van der Waals surface area contributed by atoms with E-state index in [1.807, 2.05) is 6.92 Å². The molecule has 0 saturated heterocycles. The van der Waals surface area contributed by atoms with Crippen LogP contribution in [0.3, 0.4) is 0 Å². The van der Waals surface area contributed by atoms with Crippen molar-refractivity contribution in [3.8, 4) is 0 Å². The second kappa shape index (κ2) is 3.03. The second-order valence-corrected chi connectivity index (χ2v) is 2.39. The highest BCUT2D eigenvalue weighted by Crippen LogP contribution is 2.14. The summed E-state index contributed by atoms with van der Waals surface area (Å²) in [6, 6.07) is 0. The molecule has 0 amide bonds. The fourth-order valence-electron chi connectivity index (χ4n) is 0.979. The highest BCUT2D eigenvalue weighted by atomic mass is 16.5. The van der Waals surface area contributed by atoms with Crippen molar-refractivity contribution in [2.75, 3.05) is 0 Å². The predicted molar refractivity (Wildman–Crippen MR) is 36.3 cm³/mol. The smallest absolute Gasteiger partial charge is 0.126 e. The summed E-state index contributed by atoms with van der Waals surface area (Å²) in [5.74, 6) is 0. The van der Waals surface area contributed by atoms with E-state index in [0.717, 1.165) is 0 Å². The normalized spacial score (nSPS) is 39.3. The monoisotopic (exact) mass is 144 g/mol. The zero-order chi connectivity index (χ0) is 7.56. The lowest BCUT2D eigenvalue weighted by Gasteiger charge is -2.27. The van der Waals surface area contributed by atoms with Crippen LogP contribution in [0.2, 0.25) is 0 Å². The second-order valence-electron chi connectivity index (χ2n) is 2.39. The molecule has 0 fully saturated rings. The van der Waals surface area contributed by atoms with Crippen LogP contribution >= 0.6 is 0 Å². The van der Waals surface area contributed by atoms with E-state index in [9.17, 15) is 5.11 Å². The molecule has 2 N–H and O–H groups in total. The van der Waals surface area contributed by atoms with Crippen molar-refractivity contribution in [3.05, 3.63) is 12.3 Å². The highest BCUT2D eigenvalue weighted by molar-refractivity contribution is 4.96. The lowest BCUT2D eigenvalue weighted by molar-refractivity contribution is -0.0634. The standard InChI is InChI=1S/C7H12O3/c1-2-6-7(9)5(8)3-4-10-6/h3-9H,2H2,1H3/t5-,6+,7-/m0/s1. The van der Waals surface area contributed by atoms with Crippen LogP contribution in [-0.4, -0.2) is 28.5 Å². The first kappa shape index (κ1) is 7.57. The van der Waals surface area contributed by atoms with Crippen LogP contribution in [0.4, 0.5) is 0 Å². The van der Waals surface area contributed by atoms with Gasteiger partial charge in [0.1, 0.15) is 18.3 Å². The van der Waals surface area contributed by atoms with Gasteiger partial charge in [-0.15, -0.1) is 0 Å². The van der Waals surface area contributed by atoms with Gasteiger partial charge in [-0.05, 0) is 12.5 Å². The Hall–Kier alpha value is -0.540. The number of hydrogen-bond acceptors (Lipinski definition) is 3. The van der Waals surface area contributed by atoms with E-state index in [0.29, 0.717) is 6.42 Å². The first-order valence-corrected chi connectivity index (χ1v) is 3.44. The predicted octanol–water partition coefficient (Wildman–Crippen LogP) is 0.0307. The zero-order valence-electron chi connectivity index (χ0n) is 5.90. The molecule has 3 heteroatoms. The molecule has 1 aliphatic rings. The maximum absolute atomic E-state index is 9.21. The Balaban J connectivity index is 2.56. The van der Waals surface area contributed by atoms with Gasteiger partial charge in [-0.3, -0.25) is 0 Å². The molecule has 1 rings (SSSR count). The summed E-state index contributed by atoms with van der Waals surface area (Å²) in [5, 5.41) is 18.3. The number of aliphatic hydroxyl groups is 2. The van der Waals surface area contributed by atoms with Gasteiger partial charge in [0.05, 0.1) is 6.26 Å². The first-order chi connectivity index (χ1) is 4.75. The fraction of sp³-hybridized carbons (Fsp3) is 0.714. The van der Waals surface area contributed by atoms with Gasteiger partial charge in [0, 0.05) is 0 Å².